The van der Waals surface area contributed by atoms with Crippen LogP contribution in [0, 0.1) is 0 Å². The molecule has 0 aliphatic rings. The first-order valence-corrected chi connectivity index (χ1v) is 14.5. The largest absolute Gasteiger partial charge is 0.489 e. The van der Waals surface area contributed by atoms with E-state index in [2.05, 4.69) is 15.6 Å². The van der Waals surface area contributed by atoms with E-state index in [1.54, 1.807) is 6.20 Å². The molecule has 2 atom stereocenters. The molecule has 2 unspecified atom stereocenters. The number of hydrogen-bond acceptors (Lipinski definition) is 8. The van der Waals surface area contributed by atoms with Crippen LogP contribution < -0.4 is 32.6 Å². The summed E-state index contributed by atoms with van der Waals surface area (Å²) in [6.45, 7) is 1.55. The van der Waals surface area contributed by atoms with E-state index in [9.17, 15) is 14.4 Å². The van der Waals surface area contributed by atoms with Crippen molar-refractivity contribution in [2.45, 2.75) is 31.5 Å². The fourth-order valence-electron chi connectivity index (χ4n) is 4.64. The third kappa shape index (κ3) is 9.33. The summed E-state index contributed by atoms with van der Waals surface area (Å²) in [5, 5.41) is 6.46. The van der Waals surface area contributed by atoms with E-state index in [-0.39, 0.29) is 31.8 Å². The lowest BCUT2D eigenvalue weighted by Crippen LogP contribution is -2.52. The Morgan fingerprint density at radius 1 is 0.841 bits per heavy atom. The van der Waals surface area contributed by atoms with Gasteiger partial charge >= 0.3 is 0 Å². The van der Waals surface area contributed by atoms with Gasteiger partial charge in [-0.2, -0.15) is 0 Å². The van der Waals surface area contributed by atoms with Gasteiger partial charge in [-0.05, 0) is 35.4 Å². The Morgan fingerprint density at radius 3 is 2.23 bits per heavy atom. The van der Waals surface area contributed by atoms with Crippen LogP contribution >= 0.6 is 0 Å². The number of carbonyl (C=O) groups excluding carboxylic acids is 3. The predicted molar refractivity (Wildman–Crippen MR) is 171 cm³/mol. The Morgan fingerprint density at radius 2 is 1.52 bits per heavy atom. The van der Waals surface area contributed by atoms with E-state index in [1.807, 2.05) is 84.9 Å². The summed E-state index contributed by atoms with van der Waals surface area (Å²) in [6, 6.07) is 24.3. The molecule has 4 rings (SSSR count). The van der Waals surface area contributed by atoms with Gasteiger partial charge in [-0.1, -0.05) is 60.7 Å². The highest BCUT2D eigenvalue weighted by Crippen LogP contribution is 2.18. The summed E-state index contributed by atoms with van der Waals surface area (Å²) in [4.78, 5) is 45.3. The van der Waals surface area contributed by atoms with Crippen LogP contribution in [0.1, 0.15) is 17.5 Å². The number of amides is 3. The number of pyridine rings is 1. The van der Waals surface area contributed by atoms with E-state index >= 15 is 0 Å². The summed E-state index contributed by atoms with van der Waals surface area (Å²) in [6.07, 6.45) is 1.48. The van der Waals surface area contributed by atoms with E-state index < -0.39 is 23.9 Å². The summed E-state index contributed by atoms with van der Waals surface area (Å²) >= 11 is 0. The summed E-state index contributed by atoms with van der Waals surface area (Å²) < 4.78 is 5.88. The molecule has 0 saturated heterocycles. The smallest absolute Gasteiger partial charge is 0.247 e. The van der Waals surface area contributed by atoms with Crippen LogP contribution in [0.3, 0.4) is 0 Å². The highest BCUT2D eigenvalue weighted by molar-refractivity contribution is 5.99. The summed E-state index contributed by atoms with van der Waals surface area (Å²) in [7, 11) is 0. The molecule has 0 saturated carbocycles. The fraction of sp³-hybridized carbons (Fsp3) is 0.273. The zero-order valence-electron chi connectivity index (χ0n) is 24.5. The average Bonchev–Trinajstić information content (AvgIpc) is 3.04. The van der Waals surface area contributed by atoms with Crippen molar-refractivity contribution in [3.8, 4) is 5.75 Å². The number of nitrogens with one attached hydrogen (secondary N) is 2. The third-order valence-corrected chi connectivity index (χ3v) is 6.98. The maximum Gasteiger partial charge on any atom is 0.247 e. The van der Waals surface area contributed by atoms with Crippen molar-refractivity contribution in [3.05, 3.63) is 102 Å². The monoisotopic (exact) mass is 597 g/mol. The Kier molecular flexibility index (Phi) is 11.8. The molecule has 230 valence electrons. The second-order valence-electron chi connectivity index (χ2n) is 10.4. The molecular weight excluding hydrogens is 558 g/mol. The van der Waals surface area contributed by atoms with E-state index in [0.717, 1.165) is 22.0 Å². The van der Waals surface area contributed by atoms with Gasteiger partial charge in [0, 0.05) is 38.0 Å². The number of nitrogens with zero attached hydrogens (tertiary/aromatic N) is 2. The number of rotatable bonds is 15. The lowest BCUT2D eigenvalue weighted by molar-refractivity contribution is -0.134. The zero-order chi connectivity index (χ0) is 31.3. The normalized spacial score (nSPS) is 12.2. The molecule has 0 fully saturated rings. The first kappa shape index (κ1) is 32.1. The predicted octanol–water partition coefficient (Wildman–Crippen LogP) is 1.94. The lowest BCUT2D eigenvalue weighted by atomic mass is 10.0. The molecule has 3 aromatic carbocycles. The molecule has 4 aromatic rings. The zero-order valence-corrected chi connectivity index (χ0v) is 24.5. The SMILES string of the molecule is NCCN(CCN)C(=O)CC(N)C(=O)NC(Cc1ccc(OCc2ccccc2)cc1)C(=O)Nc1cnc2ccccc2c1. The molecule has 11 nitrogen and oxygen atoms in total. The van der Waals surface area contributed by atoms with Crippen LogP contribution in [-0.2, 0) is 27.4 Å². The van der Waals surface area contributed by atoms with Gasteiger partial charge in [0.25, 0.3) is 0 Å². The number of benzene rings is 3. The number of aromatic nitrogens is 1. The van der Waals surface area contributed by atoms with E-state index in [4.69, 9.17) is 21.9 Å². The molecule has 1 aromatic heterocycles. The maximum absolute atomic E-state index is 13.5. The van der Waals surface area contributed by atoms with Crippen LogP contribution in [0.5, 0.6) is 5.75 Å². The highest BCUT2D eigenvalue weighted by Gasteiger charge is 2.27. The van der Waals surface area contributed by atoms with E-state index in [0.29, 0.717) is 31.1 Å². The number of ether oxygens (including phenoxy) is 1. The van der Waals surface area contributed by atoms with Crippen molar-refractivity contribution in [2.24, 2.45) is 17.2 Å². The van der Waals surface area contributed by atoms with E-state index in [1.165, 1.54) is 4.90 Å². The lowest BCUT2D eigenvalue weighted by Gasteiger charge is -2.24. The van der Waals surface area contributed by atoms with Crippen LogP contribution in [-0.4, -0.2) is 65.9 Å². The Labute approximate surface area is 256 Å². The van der Waals surface area contributed by atoms with Gasteiger partial charge < -0.3 is 37.5 Å². The summed E-state index contributed by atoms with van der Waals surface area (Å²) in [5.74, 6) is -0.743. The van der Waals surface area contributed by atoms with Gasteiger partial charge in [0.1, 0.15) is 18.4 Å². The summed E-state index contributed by atoms with van der Waals surface area (Å²) in [5.41, 5.74) is 20.4. The number of fused-ring (bicyclic) bond motifs is 1. The first-order valence-electron chi connectivity index (χ1n) is 14.5. The quantitative estimate of drug-likeness (QED) is 0.138. The van der Waals surface area contributed by atoms with Crippen molar-refractivity contribution in [3.63, 3.8) is 0 Å². The standard InChI is InChI=1S/C33H39N7O4/c34-14-16-40(17-15-35)31(41)20-28(36)32(42)39-30(33(43)38-26-19-25-8-4-5-9-29(25)37-21-26)18-23-10-12-27(13-11-23)44-22-24-6-2-1-3-7-24/h1-13,19,21,28,30H,14-18,20,22,34-36H2,(H,38,43)(H,39,42). The minimum Gasteiger partial charge on any atom is -0.489 e. The number of hydrogen-bond donors (Lipinski definition) is 5. The molecule has 11 heteroatoms. The van der Waals surface area contributed by atoms with Crippen LogP contribution in [0.15, 0.2) is 91.1 Å². The third-order valence-electron chi connectivity index (χ3n) is 6.98. The van der Waals surface area contributed by atoms with Gasteiger partial charge in [0.05, 0.1) is 29.9 Å². The Balaban J connectivity index is 1.46. The molecular formula is C33H39N7O4. The number of para-hydroxylation sites is 1. The molecule has 0 aliphatic carbocycles. The topological polar surface area (TPSA) is 179 Å². The van der Waals surface area contributed by atoms with Crippen LogP contribution in [0.25, 0.3) is 10.9 Å². The van der Waals surface area contributed by atoms with Gasteiger partial charge in [-0.15, -0.1) is 0 Å². The Hall–Kier alpha value is -4.84. The van der Waals surface area contributed by atoms with Crippen LogP contribution in [0.4, 0.5) is 5.69 Å². The molecule has 3 amide bonds. The Bertz CT molecular complexity index is 1530. The second kappa shape index (κ2) is 16.1. The fourth-order valence-corrected chi connectivity index (χ4v) is 4.64. The highest BCUT2D eigenvalue weighted by atomic mass is 16.5. The molecule has 8 N–H and O–H groups in total. The molecule has 0 radical (unpaired) electrons. The minimum absolute atomic E-state index is 0.171. The van der Waals surface area contributed by atoms with Crippen molar-refractivity contribution >= 4 is 34.3 Å². The number of anilines is 1. The number of carbonyl (C=O) groups is 3. The van der Waals surface area contributed by atoms with Crippen molar-refractivity contribution in [1.29, 1.82) is 0 Å². The van der Waals surface area contributed by atoms with Gasteiger partial charge in [0.2, 0.25) is 17.7 Å². The first-order chi connectivity index (χ1) is 21.4. The minimum atomic E-state index is -1.17. The van der Waals surface area contributed by atoms with Crippen molar-refractivity contribution in [1.82, 2.24) is 15.2 Å². The second-order valence-corrected chi connectivity index (χ2v) is 10.4. The molecule has 0 bridgehead atoms. The molecule has 1 heterocycles. The van der Waals surface area contributed by atoms with Crippen LogP contribution in [0.2, 0.25) is 0 Å². The van der Waals surface area contributed by atoms with Crippen molar-refractivity contribution in [2.75, 3.05) is 31.5 Å². The molecule has 0 aliphatic heterocycles. The molecule has 44 heavy (non-hydrogen) atoms. The number of nitrogens with two attached hydrogens (primary N) is 3. The van der Waals surface area contributed by atoms with Gasteiger partial charge in [-0.3, -0.25) is 19.4 Å². The maximum atomic E-state index is 13.5. The average molecular weight is 598 g/mol. The van der Waals surface area contributed by atoms with Crippen molar-refractivity contribution < 1.29 is 19.1 Å². The van der Waals surface area contributed by atoms with Gasteiger partial charge in [0.15, 0.2) is 0 Å². The van der Waals surface area contributed by atoms with Gasteiger partial charge in [-0.25, -0.2) is 0 Å². The molecule has 0 spiro atoms.